The molecule has 0 spiro atoms. The van der Waals surface area contributed by atoms with Crippen molar-refractivity contribution in [2.75, 3.05) is 0 Å². The summed E-state index contributed by atoms with van der Waals surface area (Å²) in [6.45, 7) is 12.1. The molecule has 0 saturated heterocycles. The van der Waals surface area contributed by atoms with Crippen LogP contribution in [0.2, 0.25) is 19.1 Å². The average Bonchev–Trinajstić information content (AvgIpc) is 1.30. The highest BCUT2D eigenvalue weighted by molar-refractivity contribution is 6.79. The Morgan fingerprint density at radius 1 is 1.71 bits per heavy atom. The molecular weight excluding hydrogens is 100 g/mol. The second-order valence-electron chi connectivity index (χ2n) is 2.66. The molecule has 0 N–H and O–H groups in total. The third-order valence-electron chi connectivity index (χ3n) is 0.697. The maximum absolute atomic E-state index is 4.03. The van der Waals surface area contributed by atoms with Crippen LogP contribution in [0.25, 0.3) is 0 Å². The van der Waals surface area contributed by atoms with Crippen LogP contribution >= 0.6 is 0 Å². The van der Waals surface area contributed by atoms with Crippen molar-refractivity contribution in [2.45, 2.75) is 19.1 Å². The van der Waals surface area contributed by atoms with Crippen molar-refractivity contribution in [3.05, 3.63) is 19.2 Å². The van der Waals surface area contributed by atoms with E-state index in [2.05, 4.69) is 26.2 Å². The highest BCUT2D eigenvalue weighted by Crippen LogP contribution is 2.05. The van der Waals surface area contributed by atoms with Crippen LogP contribution in [-0.2, 0) is 0 Å². The van der Waals surface area contributed by atoms with Crippen molar-refractivity contribution in [1.29, 1.82) is 0 Å². The van der Waals surface area contributed by atoms with E-state index >= 15 is 0 Å². The molecule has 7 heavy (non-hydrogen) atoms. The van der Waals surface area contributed by atoms with Gasteiger partial charge in [0.2, 0.25) is 0 Å². The molecule has 0 saturated carbocycles. The largest absolute Gasteiger partial charge is 0.263 e. The summed E-state index contributed by atoms with van der Waals surface area (Å²) in [6, 6.07) is 1.13. The minimum atomic E-state index is -1.03. The third-order valence-corrected chi connectivity index (χ3v) is 2.09. The van der Waals surface area contributed by atoms with Gasteiger partial charge in [-0.15, -0.1) is 6.58 Å². The fraction of sp³-hybridized carbons (Fsp3) is 0.500. The lowest BCUT2D eigenvalue weighted by Crippen LogP contribution is -2.18. The minimum absolute atomic E-state index is 1.03. The Kier molecular flexibility index (Phi) is 2.16. The van der Waals surface area contributed by atoms with Gasteiger partial charge in [-0.25, -0.2) is 0 Å². The molecule has 1 heteroatoms. The van der Waals surface area contributed by atoms with Crippen LogP contribution in [0.1, 0.15) is 0 Å². The lowest BCUT2D eigenvalue weighted by atomic mass is 10.8. The quantitative estimate of drug-likeness (QED) is 0.293. The Bertz CT molecular complexity index is 59.1. The summed E-state index contributed by atoms with van der Waals surface area (Å²) in [6.07, 6.45) is 1.96. The zero-order chi connectivity index (χ0) is 5.91. The number of rotatable bonds is 2. The SMILES string of the molecule is C=CC[Si]([CH2+])(C)C. The summed E-state index contributed by atoms with van der Waals surface area (Å²) in [5.41, 5.74) is 0. The topological polar surface area (TPSA) is 0 Å². The minimum Gasteiger partial charge on any atom is -0.103 e. The number of allylic oxidation sites excluding steroid dienone is 1. The van der Waals surface area contributed by atoms with E-state index < -0.39 is 8.07 Å². The standard InChI is InChI=1S/C6H13Si/c1-5-6-7(2,3)4/h5H,1-2,6H2,3-4H3/q+1. The summed E-state index contributed by atoms with van der Waals surface area (Å²) in [7, 11) is -1.03. The van der Waals surface area contributed by atoms with Crippen LogP contribution in [0.3, 0.4) is 0 Å². The Balaban J connectivity index is 3.34. The monoisotopic (exact) mass is 113 g/mol. The molecule has 40 valence electrons. The van der Waals surface area contributed by atoms with Crippen molar-refractivity contribution in [2.24, 2.45) is 0 Å². The Labute approximate surface area is 47.3 Å². The van der Waals surface area contributed by atoms with Crippen LogP contribution in [0.15, 0.2) is 12.7 Å². The van der Waals surface area contributed by atoms with Gasteiger partial charge in [-0.1, -0.05) is 6.08 Å². The fourth-order valence-corrected chi connectivity index (χ4v) is 1.17. The molecule has 0 aromatic rings. The van der Waals surface area contributed by atoms with Gasteiger partial charge in [0.05, 0.1) is 0 Å². The van der Waals surface area contributed by atoms with Gasteiger partial charge in [-0.2, -0.15) is 0 Å². The van der Waals surface area contributed by atoms with Gasteiger partial charge in [-0.05, 0) is 13.1 Å². The summed E-state index contributed by atoms with van der Waals surface area (Å²) < 4.78 is 0. The van der Waals surface area contributed by atoms with Crippen molar-refractivity contribution in [3.63, 3.8) is 0 Å². The van der Waals surface area contributed by atoms with Crippen LogP contribution in [0, 0.1) is 6.55 Å². The Morgan fingerprint density at radius 3 is 2.14 bits per heavy atom. The van der Waals surface area contributed by atoms with Crippen LogP contribution in [-0.4, -0.2) is 8.07 Å². The van der Waals surface area contributed by atoms with Gasteiger partial charge < -0.3 is 0 Å². The summed E-state index contributed by atoms with van der Waals surface area (Å²) in [4.78, 5) is 0. The molecule has 0 bridgehead atoms. The van der Waals surface area contributed by atoms with Crippen molar-refractivity contribution in [3.8, 4) is 0 Å². The smallest absolute Gasteiger partial charge is 0.103 e. The van der Waals surface area contributed by atoms with E-state index in [4.69, 9.17) is 0 Å². The summed E-state index contributed by atoms with van der Waals surface area (Å²) >= 11 is 0. The maximum atomic E-state index is 4.03. The van der Waals surface area contributed by atoms with E-state index in [9.17, 15) is 0 Å². The molecule has 0 fully saturated rings. The number of hydrogen-bond acceptors (Lipinski definition) is 0. The van der Waals surface area contributed by atoms with E-state index in [0.717, 1.165) is 6.04 Å². The lowest BCUT2D eigenvalue weighted by molar-refractivity contribution is 1.56. The molecule has 0 aromatic carbocycles. The first-order valence-corrected chi connectivity index (χ1v) is 5.94. The Hall–Kier alpha value is -0.173. The van der Waals surface area contributed by atoms with Crippen molar-refractivity contribution < 1.29 is 0 Å². The van der Waals surface area contributed by atoms with Gasteiger partial charge in [-0.3, -0.25) is 0 Å². The van der Waals surface area contributed by atoms with Crippen LogP contribution < -0.4 is 0 Å². The highest BCUT2D eigenvalue weighted by Gasteiger charge is 2.20. The predicted molar refractivity (Wildman–Crippen MR) is 37.8 cm³/mol. The summed E-state index contributed by atoms with van der Waals surface area (Å²) in [5, 5.41) is 0. The van der Waals surface area contributed by atoms with E-state index in [0.29, 0.717) is 0 Å². The molecular formula is C6H13Si+. The van der Waals surface area contributed by atoms with Gasteiger partial charge >= 0.3 is 0 Å². The average molecular weight is 113 g/mol. The van der Waals surface area contributed by atoms with Gasteiger partial charge in [0, 0.05) is 12.6 Å². The van der Waals surface area contributed by atoms with E-state index in [-0.39, 0.29) is 0 Å². The first-order chi connectivity index (χ1) is 3.06. The molecule has 0 atom stereocenters. The van der Waals surface area contributed by atoms with Gasteiger partial charge in [0.1, 0.15) is 0 Å². The highest BCUT2D eigenvalue weighted by atomic mass is 28.3. The van der Waals surface area contributed by atoms with E-state index in [1.807, 2.05) is 6.08 Å². The molecule has 0 radical (unpaired) electrons. The second kappa shape index (κ2) is 2.22. The first-order valence-electron chi connectivity index (χ1n) is 2.52. The zero-order valence-electron chi connectivity index (χ0n) is 5.20. The molecule has 0 amide bonds. The number of hydrogen-bond donors (Lipinski definition) is 0. The molecule has 0 aromatic heterocycles. The lowest BCUT2D eigenvalue weighted by Gasteiger charge is -1.98. The molecule has 0 aliphatic rings. The summed E-state index contributed by atoms with van der Waals surface area (Å²) in [5.74, 6) is 0. The maximum Gasteiger partial charge on any atom is 0.263 e. The zero-order valence-corrected chi connectivity index (χ0v) is 6.20. The molecule has 0 aliphatic carbocycles. The molecule has 0 heterocycles. The molecule has 0 rings (SSSR count). The van der Waals surface area contributed by atoms with E-state index in [1.165, 1.54) is 0 Å². The van der Waals surface area contributed by atoms with E-state index in [1.54, 1.807) is 0 Å². The molecule has 0 aliphatic heterocycles. The van der Waals surface area contributed by atoms with Crippen molar-refractivity contribution in [1.82, 2.24) is 0 Å². The van der Waals surface area contributed by atoms with Crippen molar-refractivity contribution >= 4 is 8.07 Å². The predicted octanol–water partition coefficient (Wildman–Crippen LogP) is 2.25. The van der Waals surface area contributed by atoms with Crippen LogP contribution in [0.4, 0.5) is 0 Å². The third kappa shape index (κ3) is 5.83. The first kappa shape index (κ1) is 6.83. The Morgan fingerprint density at radius 2 is 2.14 bits per heavy atom. The second-order valence-corrected chi connectivity index (χ2v) is 7.39. The van der Waals surface area contributed by atoms with Crippen LogP contribution in [0.5, 0.6) is 0 Å². The fourth-order valence-electron chi connectivity index (χ4n) is 0.391. The van der Waals surface area contributed by atoms with Gasteiger partial charge in [0.25, 0.3) is 8.07 Å². The molecule has 0 nitrogen and oxygen atoms in total. The molecule has 0 unspecified atom stereocenters. The normalized spacial score (nSPS) is 11.1. The van der Waals surface area contributed by atoms with Gasteiger partial charge in [0.15, 0.2) is 0 Å².